The maximum atomic E-state index is 12.9. The lowest BCUT2D eigenvalue weighted by Crippen LogP contribution is -2.17. The van der Waals surface area contributed by atoms with Crippen LogP contribution in [-0.2, 0) is 12.6 Å². The van der Waals surface area contributed by atoms with Gasteiger partial charge in [-0.2, -0.15) is 18.3 Å². The number of nitrogens with zero attached hydrogens (tertiary/aromatic N) is 1. The van der Waals surface area contributed by atoms with Crippen LogP contribution < -0.4 is 5.73 Å². The highest BCUT2D eigenvalue weighted by Crippen LogP contribution is 2.36. The Morgan fingerprint density at radius 2 is 2.00 bits per heavy atom. The highest BCUT2D eigenvalue weighted by Gasteiger charge is 2.33. The van der Waals surface area contributed by atoms with Crippen molar-refractivity contribution in [3.63, 3.8) is 0 Å². The lowest BCUT2D eigenvalue weighted by Gasteiger charge is -2.10. The number of alkyl halides is 3. The minimum absolute atomic E-state index is 0.0715. The summed E-state index contributed by atoms with van der Waals surface area (Å²) < 4.78 is 38.7. The lowest BCUT2D eigenvalue weighted by atomic mass is 10.0. The van der Waals surface area contributed by atoms with Crippen LogP contribution in [0.1, 0.15) is 18.2 Å². The van der Waals surface area contributed by atoms with Crippen LogP contribution >= 0.6 is 0 Å². The second kappa shape index (κ2) is 5.05. The minimum atomic E-state index is -4.39. The highest BCUT2D eigenvalue weighted by molar-refractivity contribution is 5.64. The van der Waals surface area contributed by atoms with Crippen molar-refractivity contribution >= 4 is 0 Å². The quantitative estimate of drug-likeness (QED) is 0.900. The number of nitrogens with one attached hydrogen (secondary N) is 1. The van der Waals surface area contributed by atoms with E-state index in [0.717, 1.165) is 11.8 Å². The summed E-state index contributed by atoms with van der Waals surface area (Å²) in [7, 11) is 0. The van der Waals surface area contributed by atoms with E-state index in [1.165, 1.54) is 12.1 Å². The van der Waals surface area contributed by atoms with E-state index in [1.807, 2.05) is 6.92 Å². The van der Waals surface area contributed by atoms with Crippen molar-refractivity contribution in [3.05, 3.63) is 41.6 Å². The minimum Gasteiger partial charge on any atom is -0.328 e. The van der Waals surface area contributed by atoms with E-state index in [0.29, 0.717) is 6.42 Å². The molecule has 19 heavy (non-hydrogen) atoms. The third-order valence-electron chi connectivity index (χ3n) is 2.68. The van der Waals surface area contributed by atoms with Crippen molar-refractivity contribution in [3.8, 4) is 11.3 Å². The van der Waals surface area contributed by atoms with Gasteiger partial charge in [0.25, 0.3) is 0 Å². The van der Waals surface area contributed by atoms with Gasteiger partial charge >= 0.3 is 6.18 Å². The second-order valence-corrected chi connectivity index (χ2v) is 4.50. The van der Waals surface area contributed by atoms with Gasteiger partial charge in [-0.3, -0.25) is 5.10 Å². The molecule has 0 bridgehead atoms. The molecule has 2 aromatic rings. The van der Waals surface area contributed by atoms with E-state index in [1.54, 1.807) is 12.1 Å². The molecule has 0 saturated carbocycles. The van der Waals surface area contributed by atoms with Crippen molar-refractivity contribution in [2.75, 3.05) is 0 Å². The van der Waals surface area contributed by atoms with Gasteiger partial charge in [0.1, 0.15) is 0 Å². The normalized spacial score (nSPS) is 13.5. The summed E-state index contributed by atoms with van der Waals surface area (Å²) in [6.07, 6.45) is -3.85. The molecule has 0 aliphatic heterocycles. The molecule has 3 N–H and O–H groups in total. The average Bonchev–Trinajstić information content (AvgIpc) is 2.75. The van der Waals surface area contributed by atoms with Gasteiger partial charge in [-0.05, 0) is 19.1 Å². The fourth-order valence-corrected chi connectivity index (χ4v) is 1.90. The van der Waals surface area contributed by atoms with E-state index < -0.39 is 11.7 Å². The Balaban J connectivity index is 2.39. The van der Waals surface area contributed by atoms with Gasteiger partial charge in [-0.15, -0.1) is 0 Å². The zero-order chi connectivity index (χ0) is 14.0. The van der Waals surface area contributed by atoms with E-state index in [2.05, 4.69) is 10.2 Å². The van der Waals surface area contributed by atoms with Gasteiger partial charge in [0.2, 0.25) is 0 Å². The maximum Gasteiger partial charge on any atom is 0.417 e. The van der Waals surface area contributed by atoms with Gasteiger partial charge in [-0.1, -0.05) is 18.2 Å². The Morgan fingerprint density at radius 3 is 2.63 bits per heavy atom. The molecule has 0 radical (unpaired) electrons. The first-order valence-electron chi connectivity index (χ1n) is 5.84. The zero-order valence-electron chi connectivity index (χ0n) is 10.3. The van der Waals surface area contributed by atoms with E-state index in [9.17, 15) is 13.2 Å². The number of halogens is 3. The summed E-state index contributed by atoms with van der Waals surface area (Å²) in [5.41, 5.74) is 6.03. The fourth-order valence-electron chi connectivity index (χ4n) is 1.90. The summed E-state index contributed by atoms with van der Waals surface area (Å²) in [5, 5.41) is 6.65. The van der Waals surface area contributed by atoms with Crippen LogP contribution in [0.4, 0.5) is 13.2 Å². The largest absolute Gasteiger partial charge is 0.417 e. The molecular weight excluding hydrogens is 255 g/mol. The predicted molar refractivity (Wildman–Crippen MR) is 66.4 cm³/mol. The van der Waals surface area contributed by atoms with Gasteiger partial charge in [-0.25, -0.2) is 0 Å². The Morgan fingerprint density at radius 1 is 1.32 bits per heavy atom. The molecule has 0 spiro atoms. The van der Waals surface area contributed by atoms with Crippen LogP contribution in [-0.4, -0.2) is 16.2 Å². The number of benzene rings is 1. The molecular formula is C13H14F3N3. The van der Waals surface area contributed by atoms with Crippen LogP contribution in [0.15, 0.2) is 30.3 Å². The number of H-pyrrole nitrogens is 1. The summed E-state index contributed by atoms with van der Waals surface area (Å²) in [6.45, 7) is 1.82. The molecule has 102 valence electrons. The Hall–Kier alpha value is -1.82. The number of nitrogens with two attached hydrogens (primary N) is 1. The number of aromatic amines is 1. The van der Waals surface area contributed by atoms with Crippen molar-refractivity contribution in [1.82, 2.24) is 10.2 Å². The fraction of sp³-hybridized carbons (Fsp3) is 0.308. The standard InChI is InChI=1S/C13H14F3N3/c1-8(17)6-9-7-12(19-18-9)10-4-2-3-5-11(10)13(14,15)16/h2-5,7-8H,6,17H2,1H3,(H,18,19). The van der Waals surface area contributed by atoms with Crippen LogP contribution in [0.3, 0.4) is 0 Å². The molecule has 2 rings (SSSR count). The van der Waals surface area contributed by atoms with Gasteiger partial charge in [0.05, 0.1) is 11.3 Å². The monoisotopic (exact) mass is 269 g/mol. The third kappa shape index (κ3) is 3.14. The first-order chi connectivity index (χ1) is 8.88. The van der Waals surface area contributed by atoms with Gasteiger partial charge < -0.3 is 5.73 Å². The maximum absolute atomic E-state index is 12.9. The third-order valence-corrected chi connectivity index (χ3v) is 2.68. The zero-order valence-corrected chi connectivity index (χ0v) is 10.3. The Labute approximate surface area is 108 Å². The van der Waals surface area contributed by atoms with Crippen LogP contribution in [0, 0.1) is 0 Å². The average molecular weight is 269 g/mol. The first kappa shape index (κ1) is 13.6. The highest BCUT2D eigenvalue weighted by atomic mass is 19.4. The molecule has 1 atom stereocenters. The van der Waals surface area contributed by atoms with E-state index >= 15 is 0 Å². The molecule has 0 saturated heterocycles. The smallest absolute Gasteiger partial charge is 0.328 e. The van der Waals surface area contributed by atoms with E-state index in [4.69, 9.17) is 5.73 Å². The molecule has 6 heteroatoms. The number of rotatable bonds is 3. The predicted octanol–water partition coefficient (Wildman–Crippen LogP) is 2.99. The van der Waals surface area contributed by atoms with Crippen LogP contribution in [0.25, 0.3) is 11.3 Å². The molecule has 0 amide bonds. The summed E-state index contributed by atoms with van der Waals surface area (Å²) in [4.78, 5) is 0. The number of hydrogen-bond acceptors (Lipinski definition) is 2. The van der Waals surface area contributed by atoms with Crippen molar-refractivity contribution in [2.24, 2.45) is 5.73 Å². The summed E-state index contributed by atoms with van der Waals surface area (Å²) >= 11 is 0. The molecule has 1 aromatic carbocycles. The topological polar surface area (TPSA) is 54.7 Å². The second-order valence-electron chi connectivity index (χ2n) is 4.50. The molecule has 0 aliphatic rings. The molecule has 1 unspecified atom stereocenters. The Bertz CT molecular complexity index is 558. The van der Waals surface area contributed by atoms with Crippen molar-refractivity contribution < 1.29 is 13.2 Å². The number of hydrogen-bond donors (Lipinski definition) is 2. The SMILES string of the molecule is CC(N)Cc1cc(-c2ccccc2C(F)(F)F)n[nH]1. The van der Waals surface area contributed by atoms with Gasteiger partial charge in [0.15, 0.2) is 0 Å². The number of aromatic nitrogens is 2. The molecule has 3 nitrogen and oxygen atoms in total. The molecule has 0 aliphatic carbocycles. The van der Waals surface area contributed by atoms with Crippen LogP contribution in [0.5, 0.6) is 0 Å². The summed E-state index contributed by atoms with van der Waals surface area (Å²) in [5.74, 6) is 0. The van der Waals surface area contributed by atoms with Gasteiger partial charge in [0, 0.05) is 23.7 Å². The van der Waals surface area contributed by atoms with Crippen LogP contribution in [0.2, 0.25) is 0 Å². The van der Waals surface area contributed by atoms with E-state index in [-0.39, 0.29) is 17.3 Å². The van der Waals surface area contributed by atoms with Crippen molar-refractivity contribution in [1.29, 1.82) is 0 Å². The molecule has 1 aromatic heterocycles. The Kier molecular flexibility index (Phi) is 3.61. The molecule has 1 heterocycles. The molecule has 0 fully saturated rings. The summed E-state index contributed by atoms with van der Waals surface area (Å²) in [6, 6.07) is 6.91. The van der Waals surface area contributed by atoms with Crippen molar-refractivity contribution in [2.45, 2.75) is 25.6 Å². The lowest BCUT2D eigenvalue weighted by molar-refractivity contribution is -0.137. The first-order valence-corrected chi connectivity index (χ1v) is 5.84.